The summed E-state index contributed by atoms with van der Waals surface area (Å²) >= 11 is 0. The van der Waals surface area contributed by atoms with Crippen LogP contribution in [0.1, 0.15) is 31.7 Å². The predicted molar refractivity (Wildman–Crippen MR) is 118 cm³/mol. The van der Waals surface area contributed by atoms with Crippen LogP contribution in [0.5, 0.6) is 5.75 Å². The number of hydrogen-bond donors (Lipinski definition) is 2. The second kappa shape index (κ2) is 6.65. The zero-order valence-electron chi connectivity index (χ0n) is 17.1. The van der Waals surface area contributed by atoms with Gasteiger partial charge in [0.25, 0.3) is 6.01 Å². The molecular weight excluding hydrogens is 378 g/mol. The average Bonchev–Trinajstić information content (AvgIpc) is 3.44. The highest BCUT2D eigenvalue weighted by molar-refractivity contribution is 5.91. The van der Waals surface area contributed by atoms with E-state index in [9.17, 15) is 0 Å². The van der Waals surface area contributed by atoms with Crippen molar-refractivity contribution in [3.05, 3.63) is 29.8 Å². The van der Waals surface area contributed by atoms with Gasteiger partial charge >= 0.3 is 0 Å². The minimum atomic E-state index is 0.199. The Balaban J connectivity index is 1.52. The molecule has 0 unspecified atom stereocenters. The van der Waals surface area contributed by atoms with Crippen molar-refractivity contribution in [2.75, 3.05) is 24.2 Å². The lowest BCUT2D eigenvalue weighted by molar-refractivity contribution is 0.316. The van der Waals surface area contributed by atoms with E-state index in [1.54, 1.807) is 0 Å². The maximum absolute atomic E-state index is 6.11. The molecule has 0 bridgehead atoms. The van der Waals surface area contributed by atoms with E-state index in [0.717, 1.165) is 82.4 Å². The highest BCUT2D eigenvalue weighted by Crippen LogP contribution is 2.38. The third kappa shape index (κ3) is 2.88. The molecular formula is C23H25N5O2. The molecule has 1 fully saturated rings. The fourth-order valence-electron chi connectivity index (χ4n) is 4.38. The Hall–Kier alpha value is -3.22. The van der Waals surface area contributed by atoms with Gasteiger partial charge in [0.15, 0.2) is 5.58 Å². The molecule has 1 saturated carbocycles. The number of aryl methyl sites for hydroxylation is 2. The molecule has 1 aliphatic heterocycles. The first kappa shape index (κ1) is 17.6. The van der Waals surface area contributed by atoms with Crippen LogP contribution in [-0.4, -0.2) is 27.7 Å². The minimum absolute atomic E-state index is 0.199. The first-order chi connectivity index (χ1) is 14.7. The van der Waals surface area contributed by atoms with Crippen molar-refractivity contribution in [1.29, 1.82) is 0 Å². The lowest BCUT2D eigenvalue weighted by atomic mass is 10.1. The maximum atomic E-state index is 6.11. The third-order valence-electron chi connectivity index (χ3n) is 6.10. The van der Waals surface area contributed by atoms with Crippen molar-refractivity contribution >= 4 is 33.8 Å². The van der Waals surface area contributed by atoms with E-state index in [-0.39, 0.29) is 6.01 Å². The van der Waals surface area contributed by atoms with Crippen molar-refractivity contribution < 1.29 is 9.15 Å². The van der Waals surface area contributed by atoms with Crippen LogP contribution in [0.2, 0.25) is 0 Å². The van der Waals surface area contributed by atoms with Crippen LogP contribution in [0.15, 0.2) is 28.7 Å². The number of nitrogens with two attached hydrogens (primary N) is 1. The van der Waals surface area contributed by atoms with Gasteiger partial charge in [-0.05, 0) is 55.4 Å². The van der Waals surface area contributed by atoms with Crippen molar-refractivity contribution in [2.24, 2.45) is 5.92 Å². The number of benzene rings is 2. The predicted octanol–water partition coefficient (Wildman–Crippen LogP) is 4.59. The number of nitrogens with zero attached hydrogens (tertiary/aromatic N) is 3. The molecule has 4 aromatic rings. The van der Waals surface area contributed by atoms with Crippen LogP contribution < -0.4 is 15.8 Å². The van der Waals surface area contributed by atoms with Crippen LogP contribution in [0.4, 0.5) is 11.7 Å². The van der Waals surface area contributed by atoms with E-state index in [1.165, 1.54) is 12.8 Å². The van der Waals surface area contributed by atoms with Gasteiger partial charge in [0.1, 0.15) is 22.6 Å². The smallest absolute Gasteiger partial charge is 0.292 e. The Morgan fingerprint density at radius 1 is 1.17 bits per heavy atom. The lowest BCUT2D eigenvalue weighted by Gasteiger charge is -2.10. The molecule has 0 radical (unpaired) electrons. The summed E-state index contributed by atoms with van der Waals surface area (Å²) in [7, 11) is 0. The summed E-state index contributed by atoms with van der Waals surface area (Å²) in [6.45, 7) is 4.70. The second-order valence-corrected chi connectivity index (χ2v) is 8.34. The summed E-state index contributed by atoms with van der Waals surface area (Å²) in [6, 6.07) is 8.64. The van der Waals surface area contributed by atoms with E-state index in [2.05, 4.69) is 40.0 Å². The molecule has 0 amide bonds. The number of aromatic nitrogens is 3. The van der Waals surface area contributed by atoms with Gasteiger partial charge < -0.3 is 24.8 Å². The largest absolute Gasteiger partial charge is 0.491 e. The van der Waals surface area contributed by atoms with Gasteiger partial charge in [0.05, 0.1) is 12.1 Å². The monoisotopic (exact) mass is 403 g/mol. The van der Waals surface area contributed by atoms with Crippen molar-refractivity contribution in [3.8, 4) is 17.1 Å². The molecule has 3 N–H and O–H groups in total. The number of nitrogen functional groups attached to an aromatic ring is 1. The molecule has 30 heavy (non-hydrogen) atoms. The summed E-state index contributed by atoms with van der Waals surface area (Å²) in [5.74, 6) is 2.65. The van der Waals surface area contributed by atoms with Gasteiger partial charge in [-0.1, -0.05) is 6.92 Å². The highest BCUT2D eigenvalue weighted by Gasteiger charge is 2.23. The van der Waals surface area contributed by atoms with Gasteiger partial charge in [-0.3, -0.25) is 0 Å². The zero-order valence-corrected chi connectivity index (χ0v) is 17.1. The summed E-state index contributed by atoms with van der Waals surface area (Å²) in [6.07, 6.45) is 4.43. The van der Waals surface area contributed by atoms with Crippen molar-refractivity contribution in [2.45, 2.75) is 39.2 Å². The molecule has 2 aromatic heterocycles. The van der Waals surface area contributed by atoms with Gasteiger partial charge in [-0.15, -0.1) is 0 Å². The van der Waals surface area contributed by atoms with E-state index in [0.29, 0.717) is 6.61 Å². The minimum Gasteiger partial charge on any atom is -0.491 e. The number of imidazole rings is 1. The van der Waals surface area contributed by atoms with Crippen LogP contribution in [-0.2, 0) is 13.0 Å². The highest BCUT2D eigenvalue weighted by atomic mass is 16.5. The molecule has 0 atom stereocenters. The van der Waals surface area contributed by atoms with Gasteiger partial charge in [-0.25, -0.2) is 4.98 Å². The third-order valence-corrected chi connectivity index (χ3v) is 6.10. The first-order valence-corrected chi connectivity index (χ1v) is 10.8. The molecule has 2 aromatic carbocycles. The topological polar surface area (TPSA) is 91.1 Å². The summed E-state index contributed by atoms with van der Waals surface area (Å²) < 4.78 is 14.0. The standard InChI is InChI=1S/C23H25N5O2/c1-2-14-8-15(9-18-21(14)30-23(24)27-18)22-26-17-10-16(25-12-13-4-5-13)11-19-20(17)28(22)6-3-7-29-19/h8-11,13,25H,2-7,12H2,1H3,(H2,24,27). The lowest BCUT2D eigenvalue weighted by Crippen LogP contribution is -2.03. The molecule has 154 valence electrons. The fraction of sp³-hybridized carbons (Fsp3) is 0.391. The molecule has 0 spiro atoms. The first-order valence-electron chi connectivity index (χ1n) is 10.8. The van der Waals surface area contributed by atoms with E-state index in [1.807, 2.05) is 6.07 Å². The Kier molecular flexibility index (Phi) is 3.91. The van der Waals surface area contributed by atoms with Crippen molar-refractivity contribution in [3.63, 3.8) is 0 Å². The van der Waals surface area contributed by atoms with Crippen molar-refractivity contribution in [1.82, 2.24) is 14.5 Å². The van der Waals surface area contributed by atoms with E-state index < -0.39 is 0 Å². The van der Waals surface area contributed by atoms with Crippen LogP contribution in [0.3, 0.4) is 0 Å². The quantitative estimate of drug-likeness (QED) is 0.506. The molecule has 7 nitrogen and oxygen atoms in total. The molecule has 3 heterocycles. The van der Waals surface area contributed by atoms with E-state index >= 15 is 0 Å². The normalized spacial score (nSPS) is 16.0. The average molecular weight is 403 g/mol. The number of hydrogen-bond acceptors (Lipinski definition) is 6. The number of oxazole rings is 1. The molecule has 2 aliphatic rings. The second-order valence-electron chi connectivity index (χ2n) is 8.34. The molecule has 6 rings (SSSR count). The summed E-state index contributed by atoms with van der Waals surface area (Å²) in [5.41, 5.74) is 12.6. The van der Waals surface area contributed by atoms with Gasteiger partial charge in [-0.2, -0.15) is 4.98 Å². The molecule has 1 aliphatic carbocycles. The number of ether oxygens (including phenoxy) is 1. The number of nitrogens with one attached hydrogen (secondary N) is 1. The summed E-state index contributed by atoms with van der Waals surface area (Å²) in [5, 5.41) is 3.57. The summed E-state index contributed by atoms with van der Waals surface area (Å²) in [4.78, 5) is 9.41. The Labute approximate surface area is 174 Å². The van der Waals surface area contributed by atoms with Gasteiger partial charge in [0, 0.05) is 30.4 Å². The SMILES string of the molecule is CCc1cc(-c2nc3cc(NCC4CC4)cc4c3n2CCCO4)cc2nc(N)oc12. The Bertz CT molecular complexity index is 1270. The zero-order chi connectivity index (χ0) is 20.2. The molecule has 0 saturated heterocycles. The maximum Gasteiger partial charge on any atom is 0.292 e. The number of anilines is 2. The van der Waals surface area contributed by atoms with Crippen LogP contribution >= 0.6 is 0 Å². The van der Waals surface area contributed by atoms with Crippen LogP contribution in [0, 0.1) is 5.92 Å². The van der Waals surface area contributed by atoms with Crippen LogP contribution in [0.25, 0.3) is 33.5 Å². The van der Waals surface area contributed by atoms with Gasteiger partial charge in [0.2, 0.25) is 0 Å². The Morgan fingerprint density at radius 2 is 2.07 bits per heavy atom. The fourth-order valence-corrected chi connectivity index (χ4v) is 4.38. The number of rotatable bonds is 5. The molecule has 7 heteroatoms. The Morgan fingerprint density at radius 3 is 2.90 bits per heavy atom. The number of fused-ring (bicyclic) bond motifs is 1. The van der Waals surface area contributed by atoms with E-state index in [4.69, 9.17) is 19.9 Å².